The van der Waals surface area contributed by atoms with Crippen LogP contribution in [0, 0.1) is 0 Å². The zero-order valence-electron chi connectivity index (χ0n) is 8.85. The van der Waals surface area contributed by atoms with E-state index in [1.54, 1.807) is 0 Å². The van der Waals surface area contributed by atoms with Gasteiger partial charge in [0.15, 0.2) is 0 Å². The number of rotatable bonds is 2. The fourth-order valence-corrected chi connectivity index (χ4v) is 1.83. The summed E-state index contributed by atoms with van der Waals surface area (Å²) in [5.74, 6) is -0.184. The van der Waals surface area contributed by atoms with E-state index in [4.69, 9.17) is 15.6 Å². The molecular weight excluding hydrogens is 232 g/mol. The van der Waals surface area contributed by atoms with Crippen LogP contribution in [-0.4, -0.2) is 63.6 Å². The first kappa shape index (κ1) is 12.0. The van der Waals surface area contributed by atoms with Crippen molar-refractivity contribution in [2.24, 2.45) is 10.7 Å². The Morgan fingerprint density at radius 1 is 1.59 bits per heavy atom. The van der Waals surface area contributed by atoms with Gasteiger partial charge in [0, 0.05) is 6.42 Å². The van der Waals surface area contributed by atoms with Gasteiger partial charge in [0.1, 0.15) is 12.3 Å². The minimum Gasteiger partial charge on any atom is -0.394 e. The lowest BCUT2D eigenvalue weighted by Crippen LogP contribution is -2.58. The minimum absolute atomic E-state index is 0.0884. The predicted molar refractivity (Wildman–Crippen MR) is 54.4 cm³/mol. The monoisotopic (exact) mass is 246 g/mol. The molecule has 2 aliphatic rings. The van der Waals surface area contributed by atoms with Gasteiger partial charge in [0.25, 0.3) is 0 Å². The van der Waals surface area contributed by atoms with E-state index in [0.29, 0.717) is 0 Å². The SMILES string of the molecule is NC1=NC(O)N(C2CC(O)C(CO)O2)C(=O)N1. The summed E-state index contributed by atoms with van der Waals surface area (Å²) in [4.78, 5) is 16.0. The summed E-state index contributed by atoms with van der Waals surface area (Å²) in [7, 11) is 0. The lowest BCUT2D eigenvalue weighted by Gasteiger charge is -2.33. The van der Waals surface area contributed by atoms with E-state index in [1.807, 2.05) is 0 Å². The van der Waals surface area contributed by atoms with Gasteiger partial charge in [0.05, 0.1) is 12.7 Å². The second-order valence-corrected chi connectivity index (χ2v) is 3.81. The Balaban J connectivity index is 2.11. The number of carbonyl (C=O) groups excluding carboxylic acids is 1. The average Bonchev–Trinajstić information content (AvgIpc) is 2.57. The van der Waals surface area contributed by atoms with Crippen molar-refractivity contribution in [3.05, 3.63) is 0 Å². The molecule has 1 fully saturated rings. The molecule has 0 aromatic heterocycles. The molecule has 0 radical (unpaired) electrons. The highest BCUT2D eigenvalue weighted by molar-refractivity contribution is 5.97. The molecule has 17 heavy (non-hydrogen) atoms. The quantitative estimate of drug-likeness (QED) is 0.353. The summed E-state index contributed by atoms with van der Waals surface area (Å²) in [5.41, 5.74) is 5.26. The van der Waals surface area contributed by atoms with Crippen LogP contribution in [-0.2, 0) is 4.74 Å². The highest BCUT2D eigenvalue weighted by Crippen LogP contribution is 2.25. The van der Waals surface area contributed by atoms with E-state index in [0.717, 1.165) is 4.90 Å². The molecule has 0 aromatic rings. The number of nitrogens with one attached hydrogen (secondary N) is 1. The van der Waals surface area contributed by atoms with E-state index in [2.05, 4.69) is 10.3 Å². The van der Waals surface area contributed by atoms with Gasteiger partial charge in [-0.25, -0.2) is 9.79 Å². The Labute approximate surface area is 96.5 Å². The molecule has 9 heteroatoms. The maximum atomic E-state index is 11.6. The third-order valence-corrected chi connectivity index (χ3v) is 2.67. The lowest BCUT2D eigenvalue weighted by molar-refractivity contribution is -0.109. The molecule has 0 saturated carbocycles. The van der Waals surface area contributed by atoms with E-state index in [-0.39, 0.29) is 19.0 Å². The molecule has 0 bridgehead atoms. The molecule has 1 saturated heterocycles. The molecule has 2 rings (SSSR count). The summed E-state index contributed by atoms with van der Waals surface area (Å²) in [6, 6.07) is -0.666. The third-order valence-electron chi connectivity index (χ3n) is 2.67. The van der Waals surface area contributed by atoms with Crippen molar-refractivity contribution in [2.75, 3.05) is 6.61 Å². The fraction of sp³-hybridized carbons (Fsp3) is 0.750. The Hall–Kier alpha value is -1.42. The molecular formula is C8H14N4O5. The van der Waals surface area contributed by atoms with Gasteiger partial charge in [-0.1, -0.05) is 0 Å². The number of aliphatic hydroxyl groups is 3. The standard InChI is InChI=1S/C8H14N4O5/c9-6-10-7(15)12(8(16)11-6)5-1-3(14)4(2-13)17-5/h3-5,7,13-15H,1-2H2,(H3,9,10,11,16). The van der Waals surface area contributed by atoms with E-state index in [1.165, 1.54) is 0 Å². The Morgan fingerprint density at radius 3 is 2.82 bits per heavy atom. The van der Waals surface area contributed by atoms with Crippen molar-refractivity contribution >= 4 is 12.0 Å². The molecule has 0 aromatic carbocycles. The van der Waals surface area contributed by atoms with E-state index >= 15 is 0 Å². The molecule has 6 N–H and O–H groups in total. The van der Waals surface area contributed by atoms with Crippen molar-refractivity contribution in [3.63, 3.8) is 0 Å². The first-order valence-electron chi connectivity index (χ1n) is 5.08. The van der Waals surface area contributed by atoms with Crippen LogP contribution in [0.3, 0.4) is 0 Å². The molecule has 4 atom stereocenters. The van der Waals surface area contributed by atoms with Crippen molar-refractivity contribution in [2.45, 2.75) is 31.2 Å². The highest BCUT2D eigenvalue weighted by atomic mass is 16.5. The topological polar surface area (TPSA) is 141 Å². The zero-order chi connectivity index (χ0) is 12.6. The largest absolute Gasteiger partial charge is 0.394 e. The van der Waals surface area contributed by atoms with Crippen LogP contribution in [0.5, 0.6) is 0 Å². The third kappa shape index (κ3) is 2.17. The van der Waals surface area contributed by atoms with Gasteiger partial charge < -0.3 is 25.8 Å². The summed E-state index contributed by atoms with van der Waals surface area (Å²) >= 11 is 0. The molecule has 2 amide bonds. The van der Waals surface area contributed by atoms with E-state index in [9.17, 15) is 15.0 Å². The summed E-state index contributed by atoms with van der Waals surface area (Å²) in [5, 5.41) is 30.2. The van der Waals surface area contributed by atoms with Crippen molar-refractivity contribution in [3.8, 4) is 0 Å². The summed E-state index contributed by atoms with van der Waals surface area (Å²) < 4.78 is 5.23. The predicted octanol–water partition coefficient (Wildman–Crippen LogP) is -2.93. The van der Waals surface area contributed by atoms with Crippen molar-refractivity contribution in [1.29, 1.82) is 0 Å². The molecule has 2 heterocycles. The molecule has 9 nitrogen and oxygen atoms in total. The second kappa shape index (κ2) is 4.45. The molecule has 0 spiro atoms. The first-order valence-corrected chi connectivity index (χ1v) is 5.08. The Bertz CT molecular complexity index is 349. The highest BCUT2D eigenvalue weighted by Gasteiger charge is 2.42. The van der Waals surface area contributed by atoms with Crippen LogP contribution < -0.4 is 11.1 Å². The van der Waals surface area contributed by atoms with Crippen molar-refractivity contribution in [1.82, 2.24) is 10.2 Å². The maximum Gasteiger partial charge on any atom is 0.329 e. The van der Waals surface area contributed by atoms with E-state index < -0.39 is 30.8 Å². The van der Waals surface area contributed by atoms with Gasteiger partial charge in [0.2, 0.25) is 12.3 Å². The number of carbonyl (C=O) groups is 1. The number of ether oxygens (including phenoxy) is 1. The normalized spacial score (nSPS) is 37.9. The number of guanidine groups is 1. The van der Waals surface area contributed by atoms with Crippen LogP contribution in [0.2, 0.25) is 0 Å². The molecule has 0 aliphatic carbocycles. The second-order valence-electron chi connectivity index (χ2n) is 3.81. The van der Waals surface area contributed by atoms with Crippen molar-refractivity contribution < 1.29 is 24.9 Å². The van der Waals surface area contributed by atoms with Gasteiger partial charge in [-0.2, -0.15) is 0 Å². The zero-order valence-corrected chi connectivity index (χ0v) is 8.85. The number of aliphatic hydroxyl groups excluding tert-OH is 3. The van der Waals surface area contributed by atoms with Gasteiger partial charge in [-0.3, -0.25) is 10.2 Å². The van der Waals surface area contributed by atoms with Crippen LogP contribution >= 0.6 is 0 Å². The summed E-state index contributed by atoms with van der Waals surface area (Å²) in [6.07, 6.45) is -3.89. The Morgan fingerprint density at radius 2 is 2.29 bits per heavy atom. The molecule has 96 valence electrons. The maximum absolute atomic E-state index is 11.6. The van der Waals surface area contributed by atoms with Crippen LogP contribution in [0.15, 0.2) is 4.99 Å². The van der Waals surface area contributed by atoms with Crippen LogP contribution in [0.25, 0.3) is 0 Å². The molecule has 2 aliphatic heterocycles. The smallest absolute Gasteiger partial charge is 0.329 e. The lowest BCUT2D eigenvalue weighted by atomic mass is 10.2. The summed E-state index contributed by atoms with van der Waals surface area (Å²) in [6.45, 7) is -0.366. The molecule has 4 unspecified atom stereocenters. The van der Waals surface area contributed by atoms with Gasteiger partial charge in [-0.05, 0) is 0 Å². The number of urea groups is 1. The minimum atomic E-state index is -1.46. The van der Waals surface area contributed by atoms with Gasteiger partial charge >= 0.3 is 6.03 Å². The van der Waals surface area contributed by atoms with Crippen LogP contribution in [0.1, 0.15) is 6.42 Å². The number of nitrogens with zero attached hydrogens (tertiary/aromatic N) is 2. The van der Waals surface area contributed by atoms with Gasteiger partial charge in [-0.15, -0.1) is 0 Å². The van der Waals surface area contributed by atoms with Crippen LogP contribution in [0.4, 0.5) is 4.79 Å². The fourth-order valence-electron chi connectivity index (χ4n) is 1.83. The number of aliphatic imine (C=N–C) groups is 1. The number of hydrogen-bond donors (Lipinski definition) is 5. The number of hydrogen-bond acceptors (Lipinski definition) is 7. The number of amides is 2. The average molecular weight is 246 g/mol. The number of nitrogens with two attached hydrogens (primary N) is 1. The Kier molecular flexibility index (Phi) is 3.15. The first-order chi connectivity index (χ1) is 8.02.